The minimum atomic E-state index is -1.10. The van der Waals surface area contributed by atoms with Crippen molar-refractivity contribution in [2.24, 2.45) is 5.41 Å². The molecule has 2 amide bonds. The Kier molecular flexibility index (Phi) is 6.39. The number of carbonyl (C=O) groups is 2. The molecule has 2 N–H and O–H groups in total. The SMILES string of the molecule is O=C(Nc1ccc(F)cc1)C1(C(=O)Nc2ccc(Sc3ccnc4cc(-c5cncs5)ccc34)cc2)CC1. The maximum Gasteiger partial charge on any atom is 0.240 e. The highest BCUT2D eigenvalue weighted by Gasteiger charge is 2.56. The number of nitrogens with one attached hydrogen (secondary N) is 2. The number of hydrogen-bond donors (Lipinski definition) is 2. The average molecular weight is 541 g/mol. The first-order chi connectivity index (χ1) is 18.5. The van der Waals surface area contributed by atoms with Crippen LogP contribution in [0.25, 0.3) is 21.3 Å². The highest BCUT2D eigenvalue weighted by atomic mass is 32.2. The van der Waals surface area contributed by atoms with Gasteiger partial charge in [0.25, 0.3) is 0 Å². The highest BCUT2D eigenvalue weighted by Crippen LogP contribution is 2.47. The van der Waals surface area contributed by atoms with E-state index < -0.39 is 5.41 Å². The first-order valence-corrected chi connectivity index (χ1v) is 13.6. The largest absolute Gasteiger partial charge is 0.325 e. The Morgan fingerprint density at radius 2 is 1.58 bits per heavy atom. The first-order valence-electron chi connectivity index (χ1n) is 11.9. The normalized spacial score (nSPS) is 13.7. The van der Waals surface area contributed by atoms with E-state index in [1.54, 1.807) is 23.1 Å². The number of hydrogen-bond acceptors (Lipinski definition) is 6. The standard InChI is InChI=1S/C29H21FN4O2S2/c30-19-2-4-20(5-3-19)33-27(35)29(12-13-29)28(36)34-21-6-8-22(9-7-21)38-25-11-14-32-24-15-18(1-10-23(24)25)26-16-31-17-37-26/h1-11,14-17H,12-13H2,(H,33,35)(H,34,36). The van der Waals surface area contributed by atoms with Crippen LogP contribution in [0.1, 0.15) is 12.8 Å². The summed E-state index contributed by atoms with van der Waals surface area (Å²) < 4.78 is 13.1. The Morgan fingerprint density at radius 1 is 0.895 bits per heavy atom. The molecule has 0 saturated heterocycles. The summed E-state index contributed by atoms with van der Waals surface area (Å²) in [5.41, 5.74) is 3.80. The number of carbonyl (C=O) groups excluding carboxylic acids is 2. The second-order valence-corrected chi connectivity index (χ2v) is 11.0. The van der Waals surface area contributed by atoms with Crippen molar-refractivity contribution >= 4 is 57.2 Å². The predicted octanol–water partition coefficient (Wildman–Crippen LogP) is 7.01. The number of thiazole rings is 1. The highest BCUT2D eigenvalue weighted by molar-refractivity contribution is 7.99. The Bertz CT molecular complexity index is 1630. The van der Waals surface area contributed by atoms with Gasteiger partial charge in [0.2, 0.25) is 11.8 Å². The smallest absolute Gasteiger partial charge is 0.240 e. The molecule has 3 aromatic carbocycles. The fourth-order valence-electron chi connectivity index (χ4n) is 4.17. The Labute approximate surface area is 226 Å². The van der Waals surface area contributed by atoms with E-state index in [1.807, 2.05) is 48.2 Å². The van der Waals surface area contributed by atoms with Crippen molar-refractivity contribution in [2.75, 3.05) is 10.6 Å². The average Bonchev–Trinajstić information content (AvgIpc) is 3.57. The maximum absolute atomic E-state index is 13.1. The van der Waals surface area contributed by atoms with E-state index >= 15 is 0 Å². The number of halogens is 1. The maximum atomic E-state index is 13.1. The fourth-order valence-corrected chi connectivity index (χ4v) is 5.73. The molecule has 6 rings (SSSR count). The molecular weight excluding hydrogens is 519 g/mol. The van der Waals surface area contributed by atoms with E-state index in [-0.39, 0.29) is 17.6 Å². The second-order valence-electron chi connectivity index (χ2n) is 9.03. The summed E-state index contributed by atoms with van der Waals surface area (Å²) in [6.07, 6.45) is 4.61. The zero-order valence-corrected chi connectivity index (χ0v) is 21.6. The van der Waals surface area contributed by atoms with Gasteiger partial charge in [-0.15, -0.1) is 11.3 Å². The van der Waals surface area contributed by atoms with Crippen LogP contribution in [0.4, 0.5) is 15.8 Å². The predicted molar refractivity (Wildman–Crippen MR) is 149 cm³/mol. The molecule has 0 spiro atoms. The van der Waals surface area contributed by atoms with E-state index in [4.69, 9.17) is 0 Å². The van der Waals surface area contributed by atoms with Gasteiger partial charge in [-0.05, 0) is 79.1 Å². The lowest BCUT2D eigenvalue weighted by atomic mass is 10.0. The molecule has 1 fully saturated rings. The van der Waals surface area contributed by atoms with Crippen LogP contribution in [0, 0.1) is 11.2 Å². The van der Waals surface area contributed by atoms with E-state index in [0.29, 0.717) is 24.2 Å². The number of fused-ring (bicyclic) bond motifs is 1. The molecule has 0 unspecified atom stereocenters. The van der Waals surface area contributed by atoms with Crippen molar-refractivity contribution in [3.63, 3.8) is 0 Å². The summed E-state index contributed by atoms with van der Waals surface area (Å²) in [6.45, 7) is 0. The quantitative estimate of drug-likeness (QED) is 0.217. The summed E-state index contributed by atoms with van der Waals surface area (Å²) in [5, 5.41) is 6.66. The monoisotopic (exact) mass is 540 g/mol. The summed E-state index contributed by atoms with van der Waals surface area (Å²) >= 11 is 3.22. The summed E-state index contributed by atoms with van der Waals surface area (Å²) in [4.78, 5) is 37.7. The van der Waals surface area contributed by atoms with Crippen molar-refractivity contribution in [1.29, 1.82) is 0 Å². The number of anilines is 2. The first kappa shape index (κ1) is 24.3. The third-order valence-corrected chi connectivity index (χ3v) is 8.39. The molecule has 1 saturated carbocycles. The van der Waals surface area contributed by atoms with Crippen molar-refractivity contribution in [3.8, 4) is 10.4 Å². The minimum Gasteiger partial charge on any atom is -0.325 e. The fraction of sp³-hybridized carbons (Fsp3) is 0.103. The van der Waals surface area contributed by atoms with Gasteiger partial charge in [-0.25, -0.2) is 4.39 Å². The van der Waals surface area contributed by atoms with Crippen LogP contribution < -0.4 is 10.6 Å². The molecule has 0 aliphatic heterocycles. The molecule has 5 aromatic rings. The molecule has 1 aliphatic rings. The minimum absolute atomic E-state index is 0.339. The lowest BCUT2D eigenvalue weighted by molar-refractivity contribution is -0.131. The van der Waals surface area contributed by atoms with Crippen molar-refractivity contribution in [2.45, 2.75) is 22.6 Å². The van der Waals surface area contributed by atoms with Gasteiger partial charge in [0, 0.05) is 38.9 Å². The molecule has 188 valence electrons. The molecule has 2 aromatic heterocycles. The number of nitrogens with zero attached hydrogens (tertiary/aromatic N) is 2. The number of amides is 2. The number of pyridine rings is 1. The number of rotatable bonds is 7. The topological polar surface area (TPSA) is 84.0 Å². The molecule has 2 heterocycles. The molecule has 38 heavy (non-hydrogen) atoms. The summed E-state index contributed by atoms with van der Waals surface area (Å²) in [5.74, 6) is -1.10. The Morgan fingerprint density at radius 3 is 2.21 bits per heavy atom. The second kappa shape index (κ2) is 10.00. The lowest BCUT2D eigenvalue weighted by Gasteiger charge is -2.16. The van der Waals surface area contributed by atoms with Crippen LogP contribution in [0.2, 0.25) is 0 Å². The summed E-state index contributed by atoms with van der Waals surface area (Å²) in [7, 11) is 0. The van der Waals surface area contributed by atoms with Gasteiger partial charge >= 0.3 is 0 Å². The molecule has 9 heteroatoms. The third-order valence-electron chi connectivity index (χ3n) is 6.48. The van der Waals surface area contributed by atoms with Crippen LogP contribution in [0.5, 0.6) is 0 Å². The van der Waals surface area contributed by atoms with Gasteiger partial charge in [0.05, 0.1) is 15.9 Å². The van der Waals surface area contributed by atoms with Gasteiger partial charge in [-0.3, -0.25) is 19.6 Å². The van der Waals surface area contributed by atoms with Crippen molar-refractivity contribution in [3.05, 3.63) is 96.5 Å². The van der Waals surface area contributed by atoms with Gasteiger partial charge in [0.15, 0.2) is 0 Å². The molecule has 1 aliphatic carbocycles. The van der Waals surface area contributed by atoms with Crippen LogP contribution in [-0.2, 0) is 9.59 Å². The van der Waals surface area contributed by atoms with Crippen LogP contribution in [-0.4, -0.2) is 21.8 Å². The van der Waals surface area contributed by atoms with E-state index in [0.717, 1.165) is 31.1 Å². The molecular formula is C29H21FN4O2S2. The van der Waals surface area contributed by atoms with Gasteiger partial charge in [-0.1, -0.05) is 23.9 Å². The van der Waals surface area contributed by atoms with Gasteiger partial charge in [-0.2, -0.15) is 0 Å². The number of benzene rings is 3. The molecule has 6 nitrogen and oxygen atoms in total. The molecule has 0 radical (unpaired) electrons. The van der Waals surface area contributed by atoms with E-state index in [9.17, 15) is 14.0 Å². The third kappa shape index (κ3) is 4.90. The van der Waals surface area contributed by atoms with Crippen molar-refractivity contribution in [1.82, 2.24) is 9.97 Å². The molecule has 0 bridgehead atoms. The lowest BCUT2D eigenvalue weighted by Crippen LogP contribution is -2.35. The van der Waals surface area contributed by atoms with Crippen LogP contribution >= 0.6 is 23.1 Å². The van der Waals surface area contributed by atoms with Crippen LogP contribution in [0.3, 0.4) is 0 Å². The van der Waals surface area contributed by atoms with Gasteiger partial charge < -0.3 is 10.6 Å². The zero-order valence-electron chi connectivity index (χ0n) is 20.0. The van der Waals surface area contributed by atoms with E-state index in [1.165, 1.54) is 24.3 Å². The number of aromatic nitrogens is 2. The van der Waals surface area contributed by atoms with E-state index in [2.05, 4.69) is 38.8 Å². The Hall–Kier alpha value is -4.08. The Balaban J connectivity index is 1.13. The summed E-state index contributed by atoms with van der Waals surface area (Å²) in [6, 6.07) is 21.3. The molecule has 0 atom stereocenters. The zero-order chi connectivity index (χ0) is 26.1. The van der Waals surface area contributed by atoms with Crippen molar-refractivity contribution < 1.29 is 14.0 Å². The van der Waals surface area contributed by atoms with Crippen LogP contribution in [0.15, 0.2) is 100 Å². The van der Waals surface area contributed by atoms with Gasteiger partial charge in [0.1, 0.15) is 11.2 Å².